The maximum atomic E-state index is 4.54. The first-order chi connectivity index (χ1) is 9.36. The zero-order valence-electron chi connectivity index (χ0n) is 11.8. The molecule has 106 valence electrons. The summed E-state index contributed by atoms with van der Waals surface area (Å²) < 4.78 is 2.39. The minimum absolute atomic E-state index is 0.750. The summed E-state index contributed by atoms with van der Waals surface area (Å²) in [5, 5.41) is 0. The van der Waals surface area contributed by atoms with Crippen LogP contribution in [0, 0.1) is 0 Å². The molecule has 5 heteroatoms. The normalized spacial score (nSPS) is 21.9. The summed E-state index contributed by atoms with van der Waals surface area (Å²) in [6.45, 7) is 7.07. The minimum Gasteiger partial charge on any atom is -0.331 e. The van der Waals surface area contributed by atoms with Crippen molar-refractivity contribution in [3.05, 3.63) is 18.2 Å². The Morgan fingerprint density at radius 2 is 1.95 bits per heavy atom. The lowest BCUT2D eigenvalue weighted by atomic mass is 10.3. The van der Waals surface area contributed by atoms with Crippen LogP contribution in [0.3, 0.4) is 0 Å². The molecule has 2 fully saturated rings. The largest absolute Gasteiger partial charge is 0.331 e. The van der Waals surface area contributed by atoms with Crippen molar-refractivity contribution in [2.45, 2.75) is 25.4 Å². The molecule has 0 aromatic carbocycles. The first-order valence-electron chi connectivity index (χ1n) is 7.32. The van der Waals surface area contributed by atoms with Gasteiger partial charge in [-0.1, -0.05) is 0 Å². The van der Waals surface area contributed by atoms with E-state index in [4.69, 9.17) is 0 Å². The predicted molar refractivity (Wildman–Crippen MR) is 80.6 cm³/mol. The molecule has 1 saturated carbocycles. The SMILES string of the molecule is CSCCN1CCN(Cc2nccn2C2CC2)CC1. The van der Waals surface area contributed by atoms with Gasteiger partial charge in [-0.05, 0) is 19.1 Å². The lowest BCUT2D eigenvalue weighted by Crippen LogP contribution is -2.46. The molecule has 0 radical (unpaired) electrons. The first kappa shape index (κ1) is 13.5. The van der Waals surface area contributed by atoms with Crippen LogP contribution in [0.1, 0.15) is 24.7 Å². The van der Waals surface area contributed by atoms with Crippen LogP contribution in [0.15, 0.2) is 12.4 Å². The molecule has 2 heterocycles. The molecular weight excluding hydrogens is 256 g/mol. The number of hydrogen-bond donors (Lipinski definition) is 0. The number of hydrogen-bond acceptors (Lipinski definition) is 4. The Bertz CT molecular complexity index is 394. The van der Waals surface area contributed by atoms with Gasteiger partial charge in [-0.15, -0.1) is 0 Å². The van der Waals surface area contributed by atoms with E-state index in [0.717, 1.165) is 12.6 Å². The predicted octanol–water partition coefficient (Wildman–Crippen LogP) is 1.70. The number of aromatic nitrogens is 2. The van der Waals surface area contributed by atoms with Crippen LogP contribution in [0.5, 0.6) is 0 Å². The van der Waals surface area contributed by atoms with Crippen molar-refractivity contribution in [2.24, 2.45) is 0 Å². The highest BCUT2D eigenvalue weighted by molar-refractivity contribution is 7.98. The molecule has 3 rings (SSSR count). The smallest absolute Gasteiger partial charge is 0.123 e. The molecule has 4 nitrogen and oxygen atoms in total. The standard InChI is InChI=1S/C14H24N4S/c1-19-11-10-16-6-8-17(9-7-16)12-14-15-4-5-18(14)13-2-3-13/h4-5,13H,2-3,6-12H2,1H3. The van der Waals surface area contributed by atoms with Crippen LogP contribution in [-0.4, -0.2) is 64.1 Å². The van der Waals surface area contributed by atoms with Gasteiger partial charge < -0.3 is 4.57 Å². The Balaban J connectivity index is 1.47. The van der Waals surface area contributed by atoms with Crippen LogP contribution in [0.2, 0.25) is 0 Å². The Kier molecular flexibility index (Phi) is 4.45. The molecule has 0 unspecified atom stereocenters. The van der Waals surface area contributed by atoms with E-state index in [2.05, 4.69) is 31.8 Å². The van der Waals surface area contributed by atoms with E-state index >= 15 is 0 Å². The molecule has 1 aliphatic carbocycles. The van der Waals surface area contributed by atoms with E-state index < -0.39 is 0 Å². The number of nitrogens with zero attached hydrogens (tertiary/aromatic N) is 4. The van der Waals surface area contributed by atoms with Gasteiger partial charge >= 0.3 is 0 Å². The van der Waals surface area contributed by atoms with Crippen LogP contribution >= 0.6 is 11.8 Å². The fourth-order valence-corrected chi connectivity index (χ4v) is 3.18. The van der Waals surface area contributed by atoms with Gasteiger partial charge in [0.1, 0.15) is 5.82 Å². The topological polar surface area (TPSA) is 24.3 Å². The van der Waals surface area contributed by atoms with Crippen molar-refractivity contribution < 1.29 is 0 Å². The zero-order chi connectivity index (χ0) is 13.1. The summed E-state index contributed by atoms with van der Waals surface area (Å²) in [5.74, 6) is 2.52. The maximum absolute atomic E-state index is 4.54. The molecule has 1 aromatic heterocycles. The second-order valence-corrected chi connectivity index (χ2v) is 6.58. The lowest BCUT2D eigenvalue weighted by molar-refractivity contribution is 0.129. The van der Waals surface area contributed by atoms with Gasteiger partial charge in [-0.2, -0.15) is 11.8 Å². The van der Waals surface area contributed by atoms with Gasteiger partial charge in [-0.3, -0.25) is 9.80 Å². The fraction of sp³-hybridized carbons (Fsp3) is 0.786. The third kappa shape index (κ3) is 3.52. The lowest BCUT2D eigenvalue weighted by Gasteiger charge is -2.34. The highest BCUT2D eigenvalue weighted by atomic mass is 32.2. The summed E-state index contributed by atoms with van der Waals surface area (Å²) in [6, 6.07) is 0.750. The van der Waals surface area contributed by atoms with E-state index in [1.165, 1.54) is 57.1 Å². The van der Waals surface area contributed by atoms with Crippen molar-refractivity contribution >= 4 is 11.8 Å². The number of thioether (sulfide) groups is 1. The van der Waals surface area contributed by atoms with Crippen LogP contribution < -0.4 is 0 Å². The molecule has 0 atom stereocenters. The summed E-state index contributed by atoms with van der Waals surface area (Å²) in [5.41, 5.74) is 0. The summed E-state index contributed by atoms with van der Waals surface area (Å²) in [7, 11) is 0. The fourth-order valence-electron chi connectivity index (χ4n) is 2.74. The van der Waals surface area contributed by atoms with Gasteiger partial charge in [0.2, 0.25) is 0 Å². The molecular formula is C14H24N4S. The van der Waals surface area contributed by atoms with E-state index in [1.807, 2.05) is 18.0 Å². The molecule has 19 heavy (non-hydrogen) atoms. The van der Waals surface area contributed by atoms with Crippen LogP contribution in [-0.2, 0) is 6.54 Å². The van der Waals surface area contributed by atoms with Crippen molar-refractivity contribution in [1.82, 2.24) is 19.4 Å². The van der Waals surface area contributed by atoms with Crippen molar-refractivity contribution in [3.63, 3.8) is 0 Å². The average Bonchev–Trinajstić information content (AvgIpc) is 3.19. The molecule has 0 amide bonds. The van der Waals surface area contributed by atoms with Crippen molar-refractivity contribution in [1.29, 1.82) is 0 Å². The Morgan fingerprint density at radius 3 is 2.63 bits per heavy atom. The molecule has 1 saturated heterocycles. The number of rotatable bonds is 6. The maximum Gasteiger partial charge on any atom is 0.123 e. The van der Waals surface area contributed by atoms with E-state index in [1.54, 1.807) is 0 Å². The third-order valence-corrected chi connectivity index (χ3v) is 4.72. The monoisotopic (exact) mass is 280 g/mol. The second kappa shape index (κ2) is 6.29. The summed E-state index contributed by atoms with van der Waals surface area (Å²) in [6.07, 6.45) is 8.98. The van der Waals surface area contributed by atoms with Gasteiger partial charge in [0, 0.05) is 56.9 Å². The molecule has 1 aliphatic heterocycles. The van der Waals surface area contributed by atoms with E-state index in [9.17, 15) is 0 Å². The van der Waals surface area contributed by atoms with E-state index in [0.29, 0.717) is 0 Å². The first-order valence-corrected chi connectivity index (χ1v) is 8.71. The van der Waals surface area contributed by atoms with Crippen molar-refractivity contribution in [2.75, 3.05) is 44.7 Å². The molecule has 2 aliphatic rings. The minimum atomic E-state index is 0.750. The molecule has 1 aromatic rings. The van der Waals surface area contributed by atoms with Crippen LogP contribution in [0.4, 0.5) is 0 Å². The number of imidazole rings is 1. The summed E-state index contributed by atoms with van der Waals surface area (Å²) in [4.78, 5) is 9.68. The van der Waals surface area contributed by atoms with Gasteiger partial charge in [-0.25, -0.2) is 4.98 Å². The van der Waals surface area contributed by atoms with Gasteiger partial charge in [0.15, 0.2) is 0 Å². The number of piperazine rings is 1. The third-order valence-electron chi connectivity index (χ3n) is 4.13. The van der Waals surface area contributed by atoms with Gasteiger partial charge in [0.25, 0.3) is 0 Å². The Morgan fingerprint density at radius 1 is 1.21 bits per heavy atom. The highest BCUT2D eigenvalue weighted by Gasteiger charge is 2.26. The quantitative estimate of drug-likeness (QED) is 0.791. The second-order valence-electron chi connectivity index (χ2n) is 5.59. The summed E-state index contributed by atoms with van der Waals surface area (Å²) >= 11 is 1.94. The Hall–Kier alpha value is -0.520. The molecule has 0 bridgehead atoms. The average molecular weight is 280 g/mol. The van der Waals surface area contributed by atoms with Crippen LogP contribution in [0.25, 0.3) is 0 Å². The van der Waals surface area contributed by atoms with Crippen molar-refractivity contribution in [3.8, 4) is 0 Å². The molecule has 0 N–H and O–H groups in total. The zero-order valence-corrected chi connectivity index (χ0v) is 12.6. The van der Waals surface area contributed by atoms with E-state index in [-0.39, 0.29) is 0 Å². The molecule has 0 spiro atoms. The highest BCUT2D eigenvalue weighted by Crippen LogP contribution is 2.35. The Labute approximate surface area is 120 Å². The van der Waals surface area contributed by atoms with Gasteiger partial charge in [0.05, 0.1) is 6.54 Å².